The molecule has 1 aliphatic rings. The maximum atomic E-state index is 13.3. The van der Waals surface area contributed by atoms with Gasteiger partial charge in [0, 0.05) is 43.1 Å². The molecule has 31 heavy (non-hydrogen) atoms. The average Bonchev–Trinajstić information content (AvgIpc) is 2.81. The number of hydrogen-bond donors (Lipinski definition) is 1. The highest BCUT2D eigenvalue weighted by Crippen LogP contribution is 2.23. The minimum Gasteiger partial charge on any atom is -0.379 e. The Bertz CT molecular complexity index is 998. The van der Waals surface area contributed by atoms with Crippen LogP contribution in [0.15, 0.2) is 66.7 Å². The molecule has 1 heterocycles. The van der Waals surface area contributed by atoms with E-state index < -0.39 is 0 Å². The number of carbonyl (C=O) groups excluding carboxylic acids is 1. The molecule has 0 aromatic heterocycles. The Kier molecular flexibility index (Phi) is 7.41. The van der Waals surface area contributed by atoms with Crippen LogP contribution >= 0.6 is 11.6 Å². The number of fused-ring (bicyclic) bond motifs is 1. The van der Waals surface area contributed by atoms with Gasteiger partial charge in [-0.1, -0.05) is 60.1 Å². The Hall–Kier alpha value is -2.60. The summed E-state index contributed by atoms with van der Waals surface area (Å²) in [6, 6.07) is 21.7. The largest absolute Gasteiger partial charge is 0.379 e. The summed E-state index contributed by atoms with van der Waals surface area (Å²) in [5, 5.41) is 5.98. The molecule has 6 heteroatoms. The predicted octanol–water partition coefficient (Wildman–Crippen LogP) is 5.25. The Morgan fingerprint density at radius 2 is 1.74 bits per heavy atom. The molecule has 5 nitrogen and oxygen atoms in total. The van der Waals surface area contributed by atoms with Crippen LogP contribution in [0.1, 0.15) is 12.0 Å². The van der Waals surface area contributed by atoms with E-state index in [4.69, 9.17) is 16.3 Å². The quantitative estimate of drug-likeness (QED) is 0.549. The van der Waals surface area contributed by atoms with Crippen LogP contribution < -0.4 is 5.32 Å². The second kappa shape index (κ2) is 10.6. The van der Waals surface area contributed by atoms with Crippen molar-refractivity contribution < 1.29 is 9.53 Å². The second-order valence-corrected chi connectivity index (χ2v) is 8.25. The summed E-state index contributed by atoms with van der Waals surface area (Å²) in [5.41, 5.74) is 1.89. The zero-order chi connectivity index (χ0) is 21.5. The standard InChI is InChI=1S/C25H28ClN3O2/c26-22-11-9-20(10-12-22)19-29(14-4-13-28-15-17-31-18-16-28)25(30)27-24-8-3-6-21-5-1-2-7-23(21)24/h1-3,5-12H,4,13-19H2,(H,27,30). The van der Waals surface area contributed by atoms with E-state index in [0.29, 0.717) is 18.1 Å². The van der Waals surface area contributed by atoms with Crippen LogP contribution in [0.5, 0.6) is 0 Å². The Balaban J connectivity index is 1.46. The molecule has 2 amide bonds. The van der Waals surface area contributed by atoms with Crippen LogP contribution in [0.4, 0.5) is 10.5 Å². The maximum Gasteiger partial charge on any atom is 0.322 e. The third-order valence-corrected chi connectivity index (χ3v) is 5.86. The average molecular weight is 438 g/mol. The highest BCUT2D eigenvalue weighted by atomic mass is 35.5. The molecule has 4 rings (SSSR count). The molecular formula is C25H28ClN3O2. The molecule has 3 aromatic rings. The summed E-state index contributed by atoms with van der Waals surface area (Å²) in [7, 11) is 0. The number of carbonyl (C=O) groups is 1. The maximum absolute atomic E-state index is 13.3. The van der Waals surface area contributed by atoms with E-state index in [0.717, 1.165) is 61.3 Å². The second-order valence-electron chi connectivity index (χ2n) is 7.81. The van der Waals surface area contributed by atoms with E-state index in [2.05, 4.69) is 22.3 Å². The van der Waals surface area contributed by atoms with Crippen LogP contribution in [0.3, 0.4) is 0 Å². The van der Waals surface area contributed by atoms with Crippen molar-refractivity contribution in [2.45, 2.75) is 13.0 Å². The van der Waals surface area contributed by atoms with Crippen LogP contribution in [0, 0.1) is 0 Å². The lowest BCUT2D eigenvalue weighted by molar-refractivity contribution is 0.0365. The fraction of sp³-hybridized carbons (Fsp3) is 0.320. The number of halogens is 1. The first-order chi connectivity index (χ1) is 15.2. The third-order valence-electron chi connectivity index (χ3n) is 5.61. The lowest BCUT2D eigenvalue weighted by Gasteiger charge is -2.28. The van der Waals surface area contributed by atoms with Gasteiger partial charge in [0.15, 0.2) is 0 Å². The Morgan fingerprint density at radius 3 is 2.55 bits per heavy atom. The van der Waals surface area contributed by atoms with Crippen molar-refractivity contribution in [1.82, 2.24) is 9.80 Å². The molecule has 1 aliphatic heterocycles. The van der Waals surface area contributed by atoms with Crippen molar-refractivity contribution in [2.75, 3.05) is 44.7 Å². The number of benzene rings is 3. The molecular weight excluding hydrogens is 410 g/mol. The molecule has 0 saturated carbocycles. The number of morpholine rings is 1. The molecule has 0 radical (unpaired) electrons. The smallest absolute Gasteiger partial charge is 0.322 e. The van der Waals surface area contributed by atoms with Gasteiger partial charge in [-0.15, -0.1) is 0 Å². The molecule has 0 aliphatic carbocycles. The van der Waals surface area contributed by atoms with E-state index in [1.54, 1.807) is 0 Å². The van der Waals surface area contributed by atoms with E-state index in [1.165, 1.54) is 0 Å². The summed E-state index contributed by atoms with van der Waals surface area (Å²) >= 11 is 6.03. The normalized spacial score (nSPS) is 14.5. The minimum atomic E-state index is -0.0896. The highest BCUT2D eigenvalue weighted by Gasteiger charge is 2.17. The van der Waals surface area contributed by atoms with E-state index in [1.807, 2.05) is 59.5 Å². The molecule has 0 unspecified atom stereocenters. The van der Waals surface area contributed by atoms with Crippen LogP contribution in [-0.2, 0) is 11.3 Å². The molecule has 0 spiro atoms. The summed E-state index contributed by atoms with van der Waals surface area (Å²) in [5.74, 6) is 0. The van der Waals surface area contributed by atoms with Crippen LogP contribution in [0.25, 0.3) is 10.8 Å². The summed E-state index contributed by atoms with van der Waals surface area (Å²) in [4.78, 5) is 17.5. The van der Waals surface area contributed by atoms with Gasteiger partial charge >= 0.3 is 6.03 Å². The fourth-order valence-electron chi connectivity index (χ4n) is 3.90. The third kappa shape index (κ3) is 5.97. The van der Waals surface area contributed by atoms with Gasteiger partial charge in [-0.3, -0.25) is 4.90 Å². The van der Waals surface area contributed by atoms with Gasteiger partial charge in [0.25, 0.3) is 0 Å². The zero-order valence-electron chi connectivity index (χ0n) is 17.6. The molecule has 0 atom stereocenters. The van der Waals surface area contributed by atoms with Crippen molar-refractivity contribution in [3.63, 3.8) is 0 Å². The van der Waals surface area contributed by atoms with Gasteiger partial charge in [0.1, 0.15) is 0 Å². The number of urea groups is 1. The minimum absolute atomic E-state index is 0.0896. The van der Waals surface area contributed by atoms with Crippen molar-refractivity contribution in [2.24, 2.45) is 0 Å². The molecule has 1 fully saturated rings. The molecule has 1 saturated heterocycles. The molecule has 3 aromatic carbocycles. The van der Waals surface area contributed by atoms with Crippen molar-refractivity contribution in [1.29, 1.82) is 0 Å². The van der Waals surface area contributed by atoms with E-state index in [9.17, 15) is 4.79 Å². The summed E-state index contributed by atoms with van der Waals surface area (Å²) in [6.07, 6.45) is 0.913. The first kappa shape index (κ1) is 21.6. The molecule has 0 bridgehead atoms. The number of nitrogens with zero attached hydrogens (tertiary/aromatic N) is 2. The van der Waals surface area contributed by atoms with Crippen LogP contribution in [0.2, 0.25) is 5.02 Å². The van der Waals surface area contributed by atoms with Gasteiger partial charge in [-0.25, -0.2) is 4.79 Å². The number of nitrogens with one attached hydrogen (secondary N) is 1. The summed E-state index contributed by atoms with van der Waals surface area (Å²) in [6.45, 7) is 5.67. The Labute approximate surface area is 188 Å². The Morgan fingerprint density at radius 1 is 1.00 bits per heavy atom. The molecule has 162 valence electrons. The number of amides is 2. The number of anilines is 1. The van der Waals surface area contributed by atoms with Crippen molar-refractivity contribution in [3.05, 3.63) is 77.3 Å². The van der Waals surface area contributed by atoms with Crippen LogP contribution in [-0.4, -0.2) is 55.2 Å². The predicted molar refractivity (Wildman–Crippen MR) is 127 cm³/mol. The summed E-state index contributed by atoms with van der Waals surface area (Å²) < 4.78 is 5.43. The van der Waals surface area contributed by atoms with E-state index in [-0.39, 0.29) is 6.03 Å². The fourth-order valence-corrected chi connectivity index (χ4v) is 4.03. The lowest BCUT2D eigenvalue weighted by atomic mass is 10.1. The van der Waals surface area contributed by atoms with Gasteiger partial charge in [-0.05, 0) is 35.6 Å². The number of rotatable bonds is 7. The van der Waals surface area contributed by atoms with Gasteiger partial charge in [0.2, 0.25) is 0 Å². The van der Waals surface area contributed by atoms with Gasteiger partial charge in [-0.2, -0.15) is 0 Å². The zero-order valence-corrected chi connectivity index (χ0v) is 18.4. The topological polar surface area (TPSA) is 44.8 Å². The van der Waals surface area contributed by atoms with Gasteiger partial charge < -0.3 is 15.0 Å². The first-order valence-electron chi connectivity index (χ1n) is 10.8. The van der Waals surface area contributed by atoms with Gasteiger partial charge in [0.05, 0.1) is 18.9 Å². The van der Waals surface area contributed by atoms with Crippen molar-refractivity contribution in [3.8, 4) is 0 Å². The molecule has 1 N–H and O–H groups in total. The van der Waals surface area contributed by atoms with Crippen molar-refractivity contribution >= 4 is 34.1 Å². The van der Waals surface area contributed by atoms with E-state index >= 15 is 0 Å². The monoisotopic (exact) mass is 437 g/mol. The SMILES string of the molecule is O=C(Nc1cccc2ccccc12)N(CCCN1CCOCC1)Cc1ccc(Cl)cc1. The lowest BCUT2D eigenvalue weighted by Crippen LogP contribution is -2.40. The number of hydrogen-bond acceptors (Lipinski definition) is 3. The first-order valence-corrected chi connectivity index (χ1v) is 11.1. The highest BCUT2D eigenvalue weighted by molar-refractivity contribution is 6.30. The number of ether oxygens (including phenoxy) is 1.